The fourth-order valence-electron chi connectivity index (χ4n) is 4.42. The number of methoxy groups -OCH3 is 1. The van der Waals surface area contributed by atoms with E-state index in [2.05, 4.69) is 10.3 Å². The van der Waals surface area contributed by atoms with Crippen LogP contribution >= 0.6 is 0 Å². The number of nitrogens with one attached hydrogen (secondary N) is 1. The minimum Gasteiger partial charge on any atom is -0.497 e. The van der Waals surface area contributed by atoms with Crippen LogP contribution in [0.25, 0.3) is 17.0 Å². The Morgan fingerprint density at radius 2 is 2.06 bits per heavy atom. The van der Waals surface area contributed by atoms with Gasteiger partial charge in [0.15, 0.2) is 0 Å². The number of ether oxygens (including phenoxy) is 1. The maximum atomic E-state index is 14.6. The highest BCUT2D eigenvalue weighted by molar-refractivity contribution is 5.84. The third-order valence-electron chi connectivity index (χ3n) is 6.35. The zero-order valence-corrected chi connectivity index (χ0v) is 19.2. The molecule has 4 rings (SSSR count). The van der Waals surface area contributed by atoms with Gasteiger partial charge in [-0.05, 0) is 49.2 Å². The molecule has 35 heavy (non-hydrogen) atoms. The second-order valence-electron chi connectivity index (χ2n) is 8.59. The fourth-order valence-corrected chi connectivity index (χ4v) is 4.42. The summed E-state index contributed by atoms with van der Waals surface area (Å²) in [5.41, 5.74) is 0.0187. The minimum absolute atomic E-state index is 0.134. The van der Waals surface area contributed by atoms with Crippen LogP contribution in [0.2, 0.25) is 0 Å². The summed E-state index contributed by atoms with van der Waals surface area (Å²) in [5.74, 6) is -1.92. The van der Waals surface area contributed by atoms with E-state index in [0.29, 0.717) is 41.7 Å². The number of hydrogen-bond donors (Lipinski definition) is 2. The van der Waals surface area contributed by atoms with Gasteiger partial charge in [0, 0.05) is 42.7 Å². The van der Waals surface area contributed by atoms with Crippen LogP contribution in [0.1, 0.15) is 17.5 Å². The van der Waals surface area contributed by atoms with E-state index in [-0.39, 0.29) is 25.1 Å². The summed E-state index contributed by atoms with van der Waals surface area (Å²) in [5, 5.41) is 13.7. The molecule has 1 aliphatic heterocycles. The standard InChI is InChI=1S/C26H26F3N3O3/c1-35-19-5-7-24-21(14-19)20(23(29)15-30-24)8-10-31-26(25(33)34)9-12-32(16-26)11-2-3-17-13-18(27)4-6-22(17)28/h2-7,13-15,31H,8-12,16H2,1H3,(H,33,34)/b3-2+. The molecule has 9 heteroatoms. The SMILES string of the molecule is COc1ccc2ncc(F)c(CCNC3(C(=O)O)CCN(C/C=C/c4cc(F)ccc4F)C3)c2c1. The molecule has 2 heterocycles. The van der Waals surface area contributed by atoms with E-state index in [9.17, 15) is 23.1 Å². The lowest BCUT2D eigenvalue weighted by molar-refractivity contribution is -0.144. The first-order valence-electron chi connectivity index (χ1n) is 11.2. The Balaban J connectivity index is 1.41. The van der Waals surface area contributed by atoms with E-state index in [1.165, 1.54) is 19.4 Å². The van der Waals surface area contributed by atoms with Crippen LogP contribution in [0.15, 0.2) is 48.7 Å². The van der Waals surface area contributed by atoms with Gasteiger partial charge in [0.05, 0.1) is 18.8 Å². The van der Waals surface area contributed by atoms with Crippen molar-refractivity contribution in [2.45, 2.75) is 18.4 Å². The molecule has 0 bridgehead atoms. The number of pyridine rings is 1. The van der Waals surface area contributed by atoms with Gasteiger partial charge in [-0.15, -0.1) is 0 Å². The Hall–Kier alpha value is -3.43. The predicted molar refractivity (Wildman–Crippen MR) is 127 cm³/mol. The van der Waals surface area contributed by atoms with Crippen LogP contribution in [0.3, 0.4) is 0 Å². The van der Waals surface area contributed by atoms with Crippen molar-refractivity contribution in [1.82, 2.24) is 15.2 Å². The van der Waals surface area contributed by atoms with Crippen molar-refractivity contribution in [2.75, 3.05) is 33.3 Å². The highest BCUT2D eigenvalue weighted by Gasteiger charge is 2.44. The Morgan fingerprint density at radius 1 is 1.23 bits per heavy atom. The van der Waals surface area contributed by atoms with Gasteiger partial charge in [-0.1, -0.05) is 12.2 Å². The molecule has 1 saturated heterocycles. The van der Waals surface area contributed by atoms with Crippen molar-refractivity contribution in [3.8, 4) is 5.75 Å². The maximum absolute atomic E-state index is 14.6. The smallest absolute Gasteiger partial charge is 0.325 e. The molecular weight excluding hydrogens is 459 g/mol. The van der Waals surface area contributed by atoms with Gasteiger partial charge < -0.3 is 15.2 Å². The number of carboxylic acids is 1. The van der Waals surface area contributed by atoms with Gasteiger partial charge in [-0.2, -0.15) is 0 Å². The first-order valence-corrected chi connectivity index (χ1v) is 11.2. The van der Waals surface area contributed by atoms with Crippen LogP contribution in [0.4, 0.5) is 13.2 Å². The average molecular weight is 486 g/mol. The van der Waals surface area contributed by atoms with Gasteiger partial charge >= 0.3 is 5.97 Å². The van der Waals surface area contributed by atoms with Gasteiger partial charge in [0.2, 0.25) is 0 Å². The summed E-state index contributed by atoms with van der Waals surface area (Å²) in [6.07, 6.45) is 4.96. The number of benzene rings is 2. The number of hydrogen-bond acceptors (Lipinski definition) is 5. The van der Waals surface area contributed by atoms with Crippen LogP contribution in [0.5, 0.6) is 5.75 Å². The quantitative estimate of drug-likeness (QED) is 0.477. The number of aromatic nitrogens is 1. The van der Waals surface area contributed by atoms with E-state index in [4.69, 9.17) is 4.74 Å². The number of nitrogens with zero attached hydrogens (tertiary/aromatic N) is 2. The molecule has 0 aliphatic carbocycles. The van der Waals surface area contributed by atoms with Crippen molar-refractivity contribution in [3.63, 3.8) is 0 Å². The zero-order chi connectivity index (χ0) is 25.0. The van der Waals surface area contributed by atoms with Crippen molar-refractivity contribution >= 4 is 22.9 Å². The first-order chi connectivity index (χ1) is 16.8. The monoisotopic (exact) mass is 485 g/mol. The molecule has 0 spiro atoms. The largest absolute Gasteiger partial charge is 0.497 e. The molecule has 1 atom stereocenters. The molecule has 1 aromatic heterocycles. The highest BCUT2D eigenvalue weighted by atomic mass is 19.1. The lowest BCUT2D eigenvalue weighted by Gasteiger charge is -2.26. The van der Waals surface area contributed by atoms with Gasteiger partial charge in [-0.25, -0.2) is 13.2 Å². The van der Waals surface area contributed by atoms with E-state index in [1.54, 1.807) is 24.3 Å². The Labute approximate surface area is 201 Å². The summed E-state index contributed by atoms with van der Waals surface area (Å²) in [4.78, 5) is 18.2. The Kier molecular flexibility index (Phi) is 7.37. The van der Waals surface area contributed by atoms with Crippen molar-refractivity contribution < 1.29 is 27.8 Å². The molecule has 1 fully saturated rings. The molecule has 0 amide bonds. The molecule has 2 N–H and O–H groups in total. The first kappa shape index (κ1) is 24.7. The number of carbonyl (C=O) groups is 1. The highest BCUT2D eigenvalue weighted by Crippen LogP contribution is 2.26. The second kappa shape index (κ2) is 10.5. The van der Waals surface area contributed by atoms with Crippen molar-refractivity contribution in [3.05, 3.63) is 77.2 Å². The summed E-state index contributed by atoms with van der Waals surface area (Å²) in [6.45, 7) is 1.37. The number of fused-ring (bicyclic) bond motifs is 1. The minimum atomic E-state index is -1.19. The Morgan fingerprint density at radius 3 is 2.83 bits per heavy atom. The molecular formula is C26H26F3N3O3. The number of halogens is 3. The molecule has 3 aromatic rings. The normalized spacial score (nSPS) is 18.5. The number of rotatable bonds is 9. The molecule has 6 nitrogen and oxygen atoms in total. The number of likely N-dealkylation sites (tertiary alicyclic amines) is 1. The molecule has 184 valence electrons. The van der Waals surface area contributed by atoms with E-state index < -0.39 is 29.0 Å². The summed E-state index contributed by atoms with van der Waals surface area (Å²) >= 11 is 0. The average Bonchev–Trinajstić information content (AvgIpc) is 3.27. The number of carboxylic acid groups (broad SMARTS) is 1. The second-order valence-corrected chi connectivity index (χ2v) is 8.59. The Bertz CT molecular complexity index is 1270. The van der Waals surface area contributed by atoms with Crippen molar-refractivity contribution in [2.24, 2.45) is 0 Å². The predicted octanol–water partition coefficient (Wildman–Crippen LogP) is 4.04. The van der Waals surface area contributed by atoms with E-state index in [0.717, 1.165) is 18.2 Å². The van der Waals surface area contributed by atoms with Gasteiger partial charge in [0.25, 0.3) is 0 Å². The summed E-state index contributed by atoms with van der Waals surface area (Å²) in [7, 11) is 1.53. The summed E-state index contributed by atoms with van der Waals surface area (Å²) in [6, 6.07) is 8.45. The molecule has 2 aromatic carbocycles. The van der Waals surface area contributed by atoms with E-state index >= 15 is 0 Å². The van der Waals surface area contributed by atoms with Gasteiger partial charge in [0.1, 0.15) is 28.7 Å². The lowest BCUT2D eigenvalue weighted by atomic mass is 9.98. The third kappa shape index (κ3) is 5.47. The maximum Gasteiger partial charge on any atom is 0.325 e. The lowest BCUT2D eigenvalue weighted by Crippen LogP contribution is -2.54. The third-order valence-corrected chi connectivity index (χ3v) is 6.35. The van der Waals surface area contributed by atoms with Gasteiger partial charge in [-0.3, -0.25) is 14.7 Å². The molecule has 0 saturated carbocycles. The zero-order valence-electron chi connectivity index (χ0n) is 19.2. The van der Waals surface area contributed by atoms with Crippen LogP contribution < -0.4 is 10.1 Å². The fraction of sp³-hybridized carbons (Fsp3) is 0.308. The van der Waals surface area contributed by atoms with Crippen LogP contribution in [0, 0.1) is 17.5 Å². The molecule has 1 aliphatic rings. The molecule has 1 unspecified atom stereocenters. The van der Waals surface area contributed by atoms with Crippen LogP contribution in [-0.2, 0) is 11.2 Å². The number of aliphatic carboxylic acids is 1. The molecule has 0 radical (unpaired) electrons. The van der Waals surface area contributed by atoms with E-state index in [1.807, 2.05) is 4.90 Å². The van der Waals surface area contributed by atoms with Crippen LogP contribution in [-0.4, -0.2) is 59.8 Å². The topological polar surface area (TPSA) is 74.7 Å². The summed E-state index contributed by atoms with van der Waals surface area (Å²) < 4.78 is 47.0. The van der Waals surface area contributed by atoms with Crippen molar-refractivity contribution in [1.29, 1.82) is 0 Å².